The van der Waals surface area contributed by atoms with Gasteiger partial charge in [0.25, 0.3) is 0 Å². The Morgan fingerprint density at radius 3 is 2.69 bits per heavy atom. The van der Waals surface area contributed by atoms with Gasteiger partial charge < -0.3 is 9.73 Å². The summed E-state index contributed by atoms with van der Waals surface area (Å²) in [4.78, 5) is 23.2. The van der Waals surface area contributed by atoms with E-state index in [-0.39, 0.29) is 29.5 Å². The molecule has 0 aliphatic carbocycles. The van der Waals surface area contributed by atoms with Crippen molar-refractivity contribution in [2.45, 2.75) is 19.6 Å². The van der Waals surface area contributed by atoms with Crippen LogP contribution in [0.1, 0.15) is 34.4 Å². The average molecular weight is 403 g/mol. The summed E-state index contributed by atoms with van der Waals surface area (Å²) in [7, 11) is 0. The Morgan fingerprint density at radius 2 is 2.00 bits per heavy atom. The van der Waals surface area contributed by atoms with Crippen LogP contribution in [0.2, 0.25) is 0 Å². The lowest BCUT2D eigenvalue weighted by atomic mass is 10.1. The van der Waals surface area contributed by atoms with E-state index in [9.17, 15) is 22.8 Å². The maximum Gasteiger partial charge on any atom is 0.416 e. The number of furan rings is 1. The highest BCUT2D eigenvalue weighted by Gasteiger charge is 2.30. The number of alkyl halides is 3. The molecule has 0 saturated carbocycles. The smallest absolute Gasteiger partial charge is 0.416 e. The molecule has 1 aromatic carbocycles. The van der Waals surface area contributed by atoms with E-state index in [1.165, 1.54) is 29.8 Å². The number of benzene rings is 1. The monoisotopic (exact) mass is 403 g/mol. The maximum atomic E-state index is 12.7. The van der Waals surface area contributed by atoms with Gasteiger partial charge in [0.2, 0.25) is 5.91 Å². The Labute approximate surface area is 163 Å². The number of Topliss-reactive ketones (excluding diaryl/α,β-unsaturated/α-hetero) is 1. The van der Waals surface area contributed by atoms with Crippen molar-refractivity contribution in [3.63, 3.8) is 0 Å². The van der Waals surface area contributed by atoms with Crippen LogP contribution >= 0.6 is 0 Å². The molecular weight excluding hydrogens is 387 g/mol. The molecule has 3 rings (SSSR count). The standard InChI is InChI=1S/C20H16F3N3O3/c1-13(27)17-7-6-16(29-17)12-26-10-9-18(25-26)24-19(28)8-5-14-3-2-4-15(11-14)20(21,22)23/h2-11H,12H2,1H3,(H,24,25,28). The summed E-state index contributed by atoms with van der Waals surface area (Å²) in [6.45, 7) is 1.67. The number of rotatable bonds is 6. The molecule has 6 nitrogen and oxygen atoms in total. The number of amides is 1. The minimum atomic E-state index is -4.45. The first-order chi connectivity index (χ1) is 13.7. The molecule has 0 aliphatic heterocycles. The summed E-state index contributed by atoms with van der Waals surface area (Å²) in [5, 5.41) is 6.68. The molecule has 0 spiro atoms. The molecule has 1 amide bonds. The lowest BCUT2D eigenvalue weighted by molar-refractivity contribution is -0.137. The first-order valence-electron chi connectivity index (χ1n) is 8.50. The number of nitrogens with zero attached hydrogens (tertiary/aromatic N) is 2. The summed E-state index contributed by atoms with van der Waals surface area (Å²) in [6, 6.07) is 9.45. The van der Waals surface area contributed by atoms with E-state index >= 15 is 0 Å². The third-order valence-corrected chi connectivity index (χ3v) is 3.86. The van der Waals surface area contributed by atoms with E-state index in [2.05, 4.69) is 10.4 Å². The lowest BCUT2D eigenvalue weighted by Crippen LogP contribution is -2.09. The predicted molar refractivity (Wildman–Crippen MR) is 99.1 cm³/mol. The van der Waals surface area contributed by atoms with Crippen LogP contribution in [0.25, 0.3) is 6.08 Å². The first-order valence-corrected chi connectivity index (χ1v) is 8.50. The van der Waals surface area contributed by atoms with Crippen molar-refractivity contribution < 1.29 is 27.2 Å². The maximum absolute atomic E-state index is 12.7. The number of ketones is 1. The first kappa shape index (κ1) is 20.1. The van der Waals surface area contributed by atoms with Crippen molar-refractivity contribution in [1.29, 1.82) is 0 Å². The number of aromatic nitrogens is 2. The Morgan fingerprint density at radius 1 is 1.21 bits per heavy atom. The van der Waals surface area contributed by atoms with Gasteiger partial charge in [-0.3, -0.25) is 14.3 Å². The minimum absolute atomic E-state index is 0.183. The zero-order valence-corrected chi connectivity index (χ0v) is 15.2. The molecule has 0 saturated heterocycles. The van der Waals surface area contributed by atoms with Crippen LogP contribution in [0.15, 0.2) is 59.2 Å². The number of nitrogens with one attached hydrogen (secondary N) is 1. The highest BCUT2D eigenvalue weighted by molar-refractivity contribution is 6.01. The highest BCUT2D eigenvalue weighted by atomic mass is 19.4. The van der Waals surface area contributed by atoms with Crippen molar-refractivity contribution in [3.8, 4) is 0 Å². The van der Waals surface area contributed by atoms with Crippen LogP contribution in [0, 0.1) is 0 Å². The molecule has 2 aromatic heterocycles. The minimum Gasteiger partial charge on any atom is -0.456 e. The number of hydrogen-bond donors (Lipinski definition) is 1. The molecule has 0 unspecified atom stereocenters. The zero-order chi connectivity index (χ0) is 21.0. The van der Waals surface area contributed by atoms with Gasteiger partial charge in [0.1, 0.15) is 5.76 Å². The van der Waals surface area contributed by atoms with Crippen LogP contribution in [0.5, 0.6) is 0 Å². The molecule has 3 aromatic rings. The zero-order valence-electron chi connectivity index (χ0n) is 15.2. The fourth-order valence-electron chi connectivity index (χ4n) is 2.49. The Balaban J connectivity index is 1.60. The summed E-state index contributed by atoms with van der Waals surface area (Å²) in [5.74, 6) is 0.324. The van der Waals surface area contributed by atoms with Crippen LogP contribution < -0.4 is 5.32 Å². The number of halogens is 3. The van der Waals surface area contributed by atoms with Crippen LogP contribution in [-0.2, 0) is 17.5 Å². The van der Waals surface area contributed by atoms with Crippen LogP contribution in [-0.4, -0.2) is 21.5 Å². The van der Waals surface area contributed by atoms with Crippen LogP contribution in [0.4, 0.5) is 19.0 Å². The molecule has 0 aliphatic rings. The fourth-order valence-corrected chi connectivity index (χ4v) is 2.49. The SMILES string of the molecule is CC(=O)c1ccc(Cn2ccc(NC(=O)C=Cc3cccc(C(F)(F)F)c3)n2)o1. The van der Waals surface area contributed by atoms with Gasteiger partial charge >= 0.3 is 6.18 Å². The van der Waals surface area contributed by atoms with Crippen molar-refractivity contribution in [1.82, 2.24) is 9.78 Å². The summed E-state index contributed by atoms with van der Waals surface area (Å²) in [6.07, 6.45) is -0.423. The molecule has 29 heavy (non-hydrogen) atoms. The second kappa shape index (κ2) is 8.17. The average Bonchev–Trinajstić information content (AvgIpc) is 3.30. The largest absolute Gasteiger partial charge is 0.456 e. The van der Waals surface area contributed by atoms with Crippen molar-refractivity contribution >= 4 is 23.6 Å². The van der Waals surface area contributed by atoms with Gasteiger partial charge in [-0.1, -0.05) is 12.1 Å². The Kier molecular flexibility index (Phi) is 5.67. The van der Waals surface area contributed by atoms with Gasteiger partial charge in [-0.05, 0) is 35.9 Å². The van der Waals surface area contributed by atoms with Crippen molar-refractivity contribution in [2.24, 2.45) is 0 Å². The van der Waals surface area contributed by atoms with Crippen LogP contribution in [0.3, 0.4) is 0 Å². The summed E-state index contributed by atoms with van der Waals surface area (Å²) in [5.41, 5.74) is -0.538. The van der Waals surface area contributed by atoms with Gasteiger partial charge in [0.15, 0.2) is 17.4 Å². The second-order valence-electron chi connectivity index (χ2n) is 6.17. The van der Waals surface area contributed by atoms with E-state index in [1.807, 2.05) is 0 Å². The van der Waals surface area contributed by atoms with Gasteiger partial charge in [-0.15, -0.1) is 0 Å². The number of carbonyl (C=O) groups excluding carboxylic acids is 2. The Bertz CT molecular complexity index is 1060. The molecular formula is C20H16F3N3O3. The number of carbonyl (C=O) groups is 2. The van der Waals surface area contributed by atoms with Gasteiger partial charge in [-0.2, -0.15) is 18.3 Å². The normalized spacial score (nSPS) is 11.7. The molecule has 9 heteroatoms. The van der Waals surface area contributed by atoms with Crippen molar-refractivity contribution in [3.05, 3.63) is 77.4 Å². The summed E-state index contributed by atoms with van der Waals surface area (Å²) < 4.78 is 45.0. The topological polar surface area (TPSA) is 77.1 Å². The fraction of sp³-hybridized carbons (Fsp3) is 0.150. The van der Waals surface area contributed by atoms with E-state index in [0.717, 1.165) is 18.2 Å². The summed E-state index contributed by atoms with van der Waals surface area (Å²) >= 11 is 0. The van der Waals surface area contributed by atoms with E-state index < -0.39 is 17.6 Å². The lowest BCUT2D eigenvalue weighted by Gasteiger charge is -2.06. The molecule has 150 valence electrons. The van der Waals surface area contributed by atoms with E-state index in [1.54, 1.807) is 24.4 Å². The number of hydrogen-bond acceptors (Lipinski definition) is 4. The van der Waals surface area contributed by atoms with E-state index in [4.69, 9.17) is 4.42 Å². The van der Waals surface area contributed by atoms with Crippen molar-refractivity contribution in [2.75, 3.05) is 5.32 Å². The Hall–Kier alpha value is -3.62. The predicted octanol–water partition coefficient (Wildman–Crippen LogP) is 4.40. The van der Waals surface area contributed by atoms with Gasteiger partial charge in [0.05, 0.1) is 12.1 Å². The van der Waals surface area contributed by atoms with Gasteiger partial charge in [0, 0.05) is 25.3 Å². The molecule has 0 radical (unpaired) electrons. The van der Waals surface area contributed by atoms with E-state index in [0.29, 0.717) is 5.76 Å². The molecule has 0 fully saturated rings. The molecule has 0 atom stereocenters. The molecule has 2 heterocycles. The quantitative estimate of drug-likeness (QED) is 0.489. The second-order valence-corrected chi connectivity index (χ2v) is 6.17. The molecule has 1 N–H and O–H groups in total. The number of anilines is 1. The van der Waals surface area contributed by atoms with Gasteiger partial charge in [-0.25, -0.2) is 0 Å². The highest BCUT2D eigenvalue weighted by Crippen LogP contribution is 2.29. The molecule has 0 bridgehead atoms. The third kappa shape index (κ3) is 5.44. The third-order valence-electron chi connectivity index (χ3n) is 3.86.